The third-order valence-electron chi connectivity index (χ3n) is 6.08. The number of rotatable bonds is 6. The molecule has 0 N–H and O–H groups in total. The van der Waals surface area contributed by atoms with Crippen molar-refractivity contribution >= 4 is 15.7 Å². The van der Waals surface area contributed by atoms with Gasteiger partial charge < -0.3 is 9.47 Å². The van der Waals surface area contributed by atoms with Gasteiger partial charge in [-0.05, 0) is 37.0 Å². The standard InChI is InChI=1S/C24H27F3N4O2S/c1-18-8-11-23-20(12-18)13-30(34(32,33)24(25,26)27)16-22(10-9-19-6-4-3-5-7-19)31(23)15-21-14-29(2)17-28-21/h3-8,11-12,14,17,22H,9-10,13,15-16H2,1-2H3/t22-/m1/s1. The van der Waals surface area contributed by atoms with Crippen LogP contribution in [-0.2, 0) is 36.6 Å². The van der Waals surface area contributed by atoms with Crippen molar-refractivity contribution in [1.29, 1.82) is 0 Å². The number of anilines is 1. The number of aryl methyl sites for hydroxylation is 3. The Labute approximate surface area is 197 Å². The van der Waals surface area contributed by atoms with E-state index in [0.717, 1.165) is 22.5 Å². The molecule has 0 spiro atoms. The summed E-state index contributed by atoms with van der Waals surface area (Å²) in [5.41, 5.74) is -1.44. The summed E-state index contributed by atoms with van der Waals surface area (Å²) in [6.07, 6.45) is 4.61. The number of nitrogens with zero attached hydrogens (tertiary/aromatic N) is 4. The summed E-state index contributed by atoms with van der Waals surface area (Å²) in [4.78, 5) is 6.41. The highest BCUT2D eigenvalue weighted by molar-refractivity contribution is 7.89. The predicted octanol–water partition coefficient (Wildman–Crippen LogP) is 4.40. The minimum atomic E-state index is -5.50. The van der Waals surface area contributed by atoms with E-state index in [1.807, 2.05) is 72.1 Å². The minimum absolute atomic E-state index is 0.269. The van der Waals surface area contributed by atoms with Gasteiger partial charge in [-0.1, -0.05) is 48.0 Å². The van der Waals surface area contributed by atoms with Gasteiger partial charge in [0.2, 0.25) is 0 Å². The second-order valence-electron chi connectivity index (χ2n) is 8.71. The molecule has 0 radical (unpaired) electrons. The summed E-state index contributed by atoms with van der Waals surface area (Å²) in [5, 5.41) is 0. The van der Waals surface area contributed by atoms with Crippen molar-refractivity contribution in [3.05, 3.63) is 83.4 Å². The zero-order valence-corrected chi connectivity index (χ0v) is 19.9. The Balaban J connectivity index is 1.77. The monoisotopic (exact) mass is 492 g/mol. The number of fused-ring (bicyclic) bond motifs is 1. The molecular formula is C24H27F3N4O2S. The van der Waals surface area contributed by atoms with E-state index in [1.165, 1.54) is 0 Å². The number of aromatic nitrogens is 2. The van der Waals surface area contributed by atoms with Gasteiger partial charge in [-0.15, -0.1) is 0 Å². The van der Waals surface area contributed by atoms with Gasteiger partial charge in [-0.3, -0.25) is 0 Å². The summed E-state index contributed by atoms with van der Waals surface area (Å²) in [6, 6.07) is 14.7. The molecule has 0 unspecified atom stereocenters. The first-order valence-electron chi connectivity index (χ1n) is 11.0. The van der Waals surface area contributed by atoms with Crippen molar-refractivity contribution in [2.45, 2.75) is 44.4 Å². The number of benzene rings is 2. The lowest BCUT2D eigenvalue weighted by Crippen LogP contribution is -2.47. The Kier molecular flexibility index (Phi) is 6.73. The highest BCUT2D eigenvalue weighted by Crippen LogP contribution is 2.36. The highest BCUT2D eigenvalue weighted by atomic mass is 32.2. The van der Waals surface area contributed by atoms with Crippen LogP contribution in [0.3, 0.4) is 0 Å². The molecule has 6 nitrogen and oxygen atoms in total. The molecular weight excluding hydrogens is 465 g/mol. The molecule has 1 atom stereocenters. The first kappa shape index (κ1) is 24.3. The molecule has 2 aromatic carbocycles. The Morgan fingerprint density at radius 1 is 1.12 bits per heavy atom. The second-order valence-corrected chi connectivity index (χ2v) is 10.6. The normalized spacial score (nSPS) is 17.4. The minimum Gasteiger partial charge on any atom is -0.361 e. The Bertz CT molecular complexity index is 1240. The van der Waals surface area contributed by atoms with Crippen LogP contribution >= 0.6 is 0 Å². The molecule has 0 bridgehead atoms. The van der Waals surface area contributed by atoms with Gasteiger partial charge in [0.05, 0.1) is 18.6 Å². The highest BCUT2D eigenvalue weighted by Gasteiger charge is 2.51. The number of alkyl halides is 3. The molecule has 0 saturated carbocycles. The summed E-state index contributed by atoms with van der Waals surface area (Å²) < 4.78 is 68.1. The van der Waals surface area contributed by atoms with E-state index in [4.69, 9.17) is 0 Å². The lowest BCUT2D eigenvalue weighted by Gasteiger charge is -2.34. The molecule has 0 amide bonds. The quantitative estimate of drug-likeness (QED) is 0.512. The third-order valence-corrected chi connectivity index (χ3v) is 7.62. The zero-order chi connectivity index (χ0) is 24.5. The van der Waals surface area contributed by atoms with E-state index in [2.05, 4.69) is 4.98 Å². The Morgan fingerprint density at radius 3 is 2.50 bits per heavy atom. The molecule has 4 rings (SSSR count). The molecule has 1 aliphatic heterocycles. The van der Waals surface area contributed by atoms with E-state index in [9.17, 15) is 21.6 Å². The van der Waals surface area contributed by atoms with Crippen LogP contribution in [0.4, 0.5) is 18.9 Å². The molecule has 1 aromatic heterocycles. The predicted molar refractivity (Wildman–Crippen MR) is 125 cm³/mol. The van der Waals surface area contributed by atoms with Crippen LogP contribution in [0.2, 0.25) is 0 Å². The largest absolute Gasteiger partial charge is 0.511 e. The van der Waals surface area contributed by atoms with Gasteiger partial charge in [0.15, 0.2) is 0 Å². The van der Waals surface area contributed by atoms with Gasteiger partial charge in [0.1, 0.15) is 0 Å². The van der Waals surface area contributed by atoms with Crippen molar-refractivity contribution in [3.8, 4) is 0 Å². The van der Waals surface area contributed by atoms with E-state index in [1.54, 1.807) is 12.4 Å². The van der Waals surface area contributed by atoms with Crippen LogP contribution in [0.1, 0.15) is 28.8 Å². The smallest absolute Gasteiger partial charge is 0.361 e. The van der Waals surface area contributed by atoms with E-state index < -0.39 is 21.6 Å². The van der Waals surface area contributed by atoms with Crippen molar-refractivity contribution in [3.63, 3.8) is 0 Å². The van der Waals surface area contributed by atoms with Gasteiger partial charge >= 0.3 is 15.5 Å². The fraction of sp³-hybridized carbons (Fsp3) is 0.375. The van der Waals surface area contributed by atoms with Crippen LogP contribution in [0.15, 0.2) is 61.1 Å². The second kappa shape index (κ2) is 9.42. The number of hydrogen-bond acceptors (Lipinski definition) is 4. The number of hydrogen-bond donors (Lipinski definition) is 0. The Hall–Kier alpha value is -2.85. The van der Waals surface area contributed by atoms with Gasteiger partial charge in [0, 0.05) is 38.1 Å². The first-order valence-corrected chi connectivity index (χ1v) is 12.4. The Morgan fingerprint density at radius 2 is 1.85 bits per heavy atom. The van der Waals surface area contributed by atoms with Crippen molar-refractivity contribution in [2.24, 2.45) is 7.05 Å². The molecule has 2 heterocycles. The maximum Gasteiger partial charge on any atom is 0.511 e. The maximum atomic E-state index is 13.6. The molecule has 3 aromatic rings. The number of halogens is 3. The fourth-order valence-corrected chi connectivity index (χ4v) is 5.37. The van der Waals surface area contributed by atoms with Crippen molar-refractivity contribution < 1.29 is 21.6 Å². The number of sulfonamides is 1. The van der Waals surface area contributed by atoms with Crippen LogP contribution in [0.5, 0.6) is 0 Å². The summed E-state index contributed by atoms with van der Waals surface area (Å²) >= 11 is 0. The maximum absolute atomic E-state index is 13.6. The first-order chi connectivity index (χ1) is 16.0. The average molecular weight is 493 g/mol. The third kappa shape index (κ3) is 5.12. The van der Waals surface area contributed by atoms with Gasteiger partial charge in [-0.25, -0.2) is 13.4 Å². The van der Waals surface area contributed by atoms with Gasteiger partial charge in [0.25, 0.3) is 0 Å². The van der Waals surface area contributed by atoms with Crippen LogP contribution in [-0.4, -0.2) is 40.4 Å². The lowest BCUT2D eigenvalue weighted by molar-refractivity contribution is -0.0492. The summed E-state index contributed by atoms with van der Waals surface area (Å²) in [5.74, 6) is 0. The van der Waals surface area contributed by atoms with E-state index in [0.29, 0.717) is 29.3 Å². The molecule has 0 fully saturated rings. The topological polar surface area (TPSA) is 58.4 Å². The van der Waals surface area contributed by atoms with Crippen molar-refractivity contribution in [2.75, 3.05) is 11.4 Å². The van der Waals surface area contributed by atoms with Gasteiger partial charge in [-0.2, -0.15) is 17.5 Å². The van der Waals surface area contributed by atoms with E-state index >= 15 is 0 Å². The van der Waals surface area contributed by atoms with Crippen LogP contribution in [0, 0.1) is 6.92 Å². The van der Waals surface area contributed by atoms with Crippen LogP contribution < -0.4 is 4.90 Å². The molecule has 10 heteroatoms. The molecule has 1 aliphatic rings. The van der Waals surface area contributed by atoms with Crippen molar-refractivity contribution in [1.82, 2.24) is 13.9 Å². The zero-order valence-electron chi connectivity index (χ0n) is 19.0. The average Bonchev–Trinajstić information content (AvgIpc) is 3.12. The summed E-state index contributed by atoms with van der Waals surface area (Å²) in [7, 11) is -3.65. The molecule has 34 heavy (non-hydrogen) atoms. The molecule has 0 saturated heterocycles. The molecule has 0 aliphatic carbocycles. The summed E-state index contributed by atoms with van der Waals surface area (Å²) in [6.45, 7) is 1.59. The number of imidazole rings is 1. The SMILES string of the molecule is Cc1ccc2c(c1)CN(S(=O)(=O)C(F)(F)F)C[C@@H](CCc1ccccc1)N2Cc1cn(C)cn1. The van der Waals surface area contributed by atoms with E-state index in [-0.39, 0.29) is 13.1 Å². The fourth-order valence-electron chi connectivity index (χ4n) is 4.40. The van der Waals surface area contributed by atoms with Crippen LogP contribution in [0.25, 0.3) is 0 Å². The lowest BCUT2D eigenvalue weighted by atomic mass is 10.0. The molecule has 182 valence electrons.